The highest BCUT2D eigenvalue weighted by Gasteiger charge is 2.48. The number of hydrogen-bond donors (Lipinski definition) is 1. The number of halogens is 2. The van der Waals surface area contributed by atoms with Crippen molar-refractivity contribution in [3.8, 4) is 17.0 Å². The highest BCUT2D eigenvalue weighted by Crippen LogP contribution is 2.41. The predicted molar refractivity (Wildman–Crippen MR) is 222 cm³/mol. The maximum absolute atomic E-state index is 16.4. The number of esters is 1. The van der Waals surface area contributed by atoms with Gasteiger partial charge in [0.1, 0.15) is 16.3 Å². The van der Waals surface area contributed by atoms with E-state index in [4.69, 9.17) is 14.2 Å². The summed E-state index contributed by atoms with van der Waals surface area (Å²) in [4.78, 5) is 11.7. The van der Waals surface area contributed by atoms with Crippen LogP contribution in [0.4, 0.5) is 8.78 Å². The van der Waals surface area contributed by atoms with Crippen molar-refractivity contribution in [1.29, 1.82) is 0 Å². The van der Waals surface area contributed by atoms with Gasteiger partial charge in [0.25, 0.3) is 10.0 Å². The molecule has 1 aliphatic rings. The second-order valence-electron chi connectivity index (χ2n) is 14.8. The second-order valence-corrected chi connectivity index (χ2v) is 18.1. The molecule has 0 saturated heterocycles. The molecule has 9 nitrogen and oxygen atoms in total. The lowest BCUT2D eigenvalue weighted by Crippen LogP contribution is -2.41. The van der Waals surface area contributed by atoms with Gasteiger partial charge in [0.15, 0.2) is 11.6 Å². The number of nitrogens with one attached hydrogen (secondary N) is 1. The number of aromatic amines is 1. The Morgan fingerprint density at radius 2 is 1.91 bits per heavy atom. The molecule has 57 heavy (non-hydrogen) atoms. The molecule has 1 N–H and O–H groups in total. The maximum atomic E-state index is 16.4. The molecule has 0 amide bonds. The van der Waals surface area contributed by atoms with Crippen LogP contribution < -0.4 is 4.74 Å². The van der Waals surface area contributed by atoms with E-state index in [1.54, 1.807) is 43.0 Å². The largest absolute Gasteiger partial charge is 0.466 e. The minimum absolute atomic E-state index is 0.106. The summed E-state index contributed by atoms with van der Waals surface area (Å²) < 4.78 is 75.6. The van der Waals surface area contributed by atoms with E-state index in [-0.39, 0.29) is 34.9 Å². The van der Waals surface area contributed by atoms with Gasteiger partial charge in [0, 0.05) is 41.3 Å². The molecule has 3 aromatic carbocycles. The van der Waals surface area contributed by atoms with Crippen molar-refractivity contribution in [2.75, 3.05) is 25.6 Å². The van der Waals surface area contributed by atoms with E-state index in [2.05, 4.69) is 30.1 Å². The van der Waals surface area contributed by atoms with Crippen LogP contribution in [-0.4, -0.2) is 58.9 Å². The molecule has 0 bridgehead atoms. The lowest BCUT2D eigenvalue weighted by atomic mass is 9.98. The topological polar surface area (TPSA) is 113 Å². The number of fused-ring (bicyclic) bond motifs is 1. The first-order chi connectivity index (χ1) is 27.3. The lowest BCUT2D eigenvalue weighted by molar-refractivity contribution is -0.143. The molecule has 13 heteroatoms. The Hall–Kier alpha value is -4.98. The zero-order chi connectivity index (χ0) is 40.6. The molecular weight excluding hydrogens is 769 g/mol. The van der Waals surface area contributed by atoms with Crippen molar-refractivity contribution >= 4 is 44.7 Å². The second kappa shape index (κ2) is 18.1. The van der Waals surface area contributed by atoms with Crippen LogP contribution in [0.1, 0.15) is 57.2 Å². The third-order valence-electron chi connectivity index (χ3n) is 9.67. The van der Waals surface area contributed by atoms with Crippen molar-refractivity contribution in [2.45, 2.75) is 57.5 Å². The number of benzene rings is 3. The monoisotopic (exact) mass is 815 g/mol. The number of H-pyrrole nitrogens is 1. The van der Waals surface area contributed by atoms with Gasteiger partial charge in [-0.15, -0.1) is 0 Å². The molecule has 1 atom stereocenters. The van der Waals surface area contributed by atoms with Crippen LogP contribution in [0.15, 0.2) is 115 Å². The van der Waals surface area contributed by atoms with Gasteiger partial charge in [-0.05, 0) is 91.3 Å². The van der Waals surface area contributed by atoms with Gasteiger partial charge in [-0.3, -0.25) is 9.89 Å². The first-order valence-corrected chi connectivity index (χ1v) is 21.4. The van der Waals surface area contributed by atoms with Gasteiger partial charge >= 0.3 is 5.97 Å². The Morgan fingerprint density at radius 1 is 1.09 bits per heavy atom. The molecule has 0 saturated carbocycles. The first-order valence-electron chi connectivity index (χ1n) is 18.8. The number of aryl methyl sites for hydroxylation is 1. The number of allylic oxidation sites excluding steroid dienone is 2. The van der Waals surface area contributed by atoms with E-state index < -0.39 is 26.4 Å². The smallest absolute Gasteiger partial charge is 0.306 e. The molecule has 0 radical (unpaired) electrons. The highest BCUT2D eigenvalue weighted by atomic mass is 32.2. The summed E-state index contributed by atoms with van der Waals surface area (Å²) in [6, 6.07) is 20.9. The summed E-state index contributed by atoms with van der Waals surface area (Å²) in [5, 5.41) is 7.32. The normalized spacial score (nSPS) is 16.2. The fourth-order valence-corrected chi connectivity index (χ4v) is 9.49. The molecule has 0 spiro atoms. The van der Waals surface area contributed by atoms with Crippen LogP contribution in [0.25, 0.3) is 28.2 Å². The molecule has 300 valence electrons. The van der Waals surface area contributed by atoms with E-state index in [0.29, 0.717) is 49.6 Å². The SMILES string of the molecule is CCOC(=O)CCc1cccc(/C=C/COCC(C)(C)CSCc2cccc3c2ccn3S(=O)(=O)C2(C)CC=CC(Oc3ccc(F)c(-c4ccn[nH]4)c3)=C2F)c1. The Bertz CT molecular complexity index is 2400. The van der Waals surface area contributed by atoms with Crippen LogP contribution in [0, 0.1) is 11.2 Å². The molecule has 1 aliphatic carbocycles. The van der Waals surface area contributed by atoms with Crippen LogP contribution in [0.2, 0.25) is 0 Å². The number of aromatic nitrogens is 3. The van der Waals surface area contributed by atoms with E-state index in [0.717, 1.165) is 31.8 Å². The average Bonchev–Trinajstić information content (AvgIpc) is 3.89. The molecule has 2 aromatic heterocycles. The summed E-state index contributed by atoms with van der Waals surface area (Å²) >= 11 is 1.73. The molecule has 2 heterocycles. The summed E-state index contributed by atoms with van der Waals surface area (Å²) in [5.74, 6) is -0.339. The third kappa shape index (κ3) is 9.77. The number of carbonyl (C=O) groups is 1. The Kier molecular flexibility index (Phi) is 13.2. The minimum atomic E-state index is -4.34. The quantitative estimate of drug-likeness (QED) is 0.0688. The number of rotatable bonds is 18. The van der Waals surface area contributed by atoms with Crippen molar-refractivity contribution < 1.29 is 36.2 Å². The fourth-order valence-electron chi connectivity index (χ4n) is 6.58. The fraction of sp³-hybridized carbons (Fsp3) is 0.318. The van der Waals surface area contributed by atoms with Gasteiger partial charge < -0.3 is 14.2 Å². The van der Waals surface area contributed by atoms with Gasteiger partial charge in [-0.25, -0.2) is 21.2 Å². The molecule has 6 rings (SSSR count). The maximum Gasteiger partial charge on any atom is 0.306 e. The molecule has 0 fully saturated rings. The van der Waals surface area contributed by atoms with Crippen molar-refractivity contribution in [3.05, 3.63) is 138 Å². The zero-order valence-electron chi connectivity index (χ0n) is 32.5. The highest BCUT2D eigenvalue weighted by molar-refractivity contribution is 7.98. The van der Waals surface area contributed by atoms with E-state index in [9.17, 15) is 17.6 Å². The average molecular weight is 816 g/mol. The summed E-state index contributed by atoms with van der Waals surface area (Å²) in [6.07, 6.45) is 10.8. The minimum Gasteiger partial charge on any atom is -0.466 e. The molecular formula is C44H47F2N3O6S2. The number of nitrogens with zero attached hydrogens (tertiary/aromatic N) is 2. The predicted octanol–water partition coefficient (Wildman–Crippen LogP) is 9.81. The van der Waals surface area contributed by atoms with E-state index in [1.165, 1.54) is 43.6 Å². The number of thioether (sulfide) groups is 1. The van der Waals surface area contributed by atoms with Crippen LogP contribution in [-0.2, 0) is 36.5 Å². The van der Waals surface area contributed by atoms with Crippen LogP contribution in [0.5, 0.6) is 5.75 Å². The summed E-state index contributed by atoms with van der Waals surface area (Å²) in [5.41, 5.74) is 4.01. The van der Waals surface area contributed by atoms with Crippen LogP contribution >= 0.6 is 11.8 Å². The third-order valence-corrected chi connectivity index (χ3v) is 13.5. The van der Waals surface area contributed by atoms with Crippen molar-refractivity contribution in [1.82, 2.24) is 14.2 Å². The summed E-state index contributed by atoms with van der Waals surface area (Å²) in [6.45, 7) is 8.84. The molecule has 5 aromatic rings. The Balaban J connectivity index is 1.06. The summed E-state index contributed by atoms with van der Waals surface area (Å²) in [7, 11) is -4.34. The van der Waals surface area contributed by atoms with Crippen molar-refractivity contribution in [2.24, 2.45) is 5.41 Å². The zero-order valence-corrected chi connectivity index (χ0v) is 34.1. The van der Waals surface area contributed by atoms with Crippen molar-refractivity contribution in [3.63, 3.8) is 0 Å². The lowest BCUT2D eigenvalue weighted by Gasteiger charge is -2.30. The number of ether oxygens (including phenoxy) is 3. The Morgan fingerprint density at radius 3 is 2.70 bits per heavy atom. The van der Waals surface area contributed by atoms with E-state index in [1.807, 2.05) is 42.5 Å². The molecule has 1 unspecified atom stereocenters. The van der Waals surface area contributed by atoms with Gasteiger partial charge in [0.2, 0.25) is 0 Å². The van der Waals surface area contributed by atoms with Crippen LogP contribution in [0.3, 0.4) is 0 Å². The van der Waals surface area contributed by atoms with E-state index >= 15 is 4.39 Å². The number of hydrogen-bond acceptors (Lipinski definition) is 8. The first kappa shape index (κ1) is 41.6. The number of carbonyl (C=O) groups excluding carboxylic acids is 1. The van der Waals surface area contributed by atoms with Gasteiger partial charge in [-0.2, -0.15) is 16.9 Å². The van der Waals surface area contributed by atoms with Gasteiger partial charge in [0.05, 0.1) is 31.0 Å². The standard InChI is InChI=1S/C44H47F2N3O6S2/c1-5-54-41(50)19-16-32-11-6-10-31(26-32)12-9-25-53-29-43(2,3)30-56-28-33-13-7-14-39-35(33)21-24-49(39)57(51,52)44(4)22-8-15-40(42(44)46)55-34-17-18-37(45)36(27-34)38-20-23-47-48-38/h6-15,17-18,20-21,23-24,26-27H,5,16,19,22,25,28-30H2,1-4H3,(H,47,48)/b12-9+. The molecule has 0 aliphatic heterocycles. The van der Waals surface area contributed by atoms with Gasteiger partial charge in [-0.1, -0.05) is 68.5 Å². The Labute approximate surface area is 336 Å².